The first-order valence-electron chi connectivity index (χ1n) is 9.69. The Bertz CT molecular complexity index is 936. The molecule has 2 aliphatic rings. The fourth-order valence-electron chi connectivity index (χ4n) is 3.70. The topological polar surface area (TPSA) is 83.7 Å². The van der Waals surface area contributed by atoms with Gasteiger partial charge in [-0.1, -0.05) is 6.07 Å². The maximum atomic E-state index is 14.0. The molecule has 0 radical (unpaired) electrons. The number of aromatic nitrogens is 1. The molecule has 2 aliphatic heterocycles. The number of nitrogens with two attached hydrogens (primary N) is 1. The molecule has 160 valence electrons. The summed E-state index contributed by atoms with van der Waals surface area (Å²) < 4.78 is 28.0. The number of rotatable bonds is 5. The van der Waals surface area contributed by atoms with Gasteiger partial charge in [-0.3, -0.25) is 21.0 Å². The molecule has 3 N–H and O–H groups in total. The summed E-state index contributed by atoms with van der Waals surface area (Å²) in [6.45, 7) is 1.55. The number of nitrogens with zero attached hydrogens (tertiary/aromatic N) is 3. The Kier molecular flexibility index (Phi) is 6.09. The second-order valence-electron chi connectivity index (χ2n) is 7.50. The highest BCUT2D eigenvalue weighted by atomic mass is 32.1. The minimum atomic E-state index is -0.860. The number of carbonyl (C=O) groups excluding carboxylic acids is 1. The number of likely N-dealkylation sites (N-methyl/N-ethyl adjacent to an activating group) is 1. The largest absolute Gasteiger partial charge is 0.341 e. The maximum Gasteiger partial charge on any atom is 0.238 e. The first kappa shape index (κ1) is 20.9. The van der Waals surface area contributed by atoms with Crippen LogP contribution in [-0.4, -0.2) is 47.5 Å². The van der Waals surface area contributed by atoms with Crippen molar-refractivity contribution in [3.63, 3.8) is 0 Å². The van der Waals surface area contributed by atoms with Crippen molar-refractivity contribution in [2.24, 2.45) is 5.84 Å². The number of hydrazine groups is 1. The summed E-state index contributed by atoms with van der Waals surface area (Å²) in [6.07, 6.45) is 2.43. The number of amides is 1. The second-order valence-corrected chi connectivity index (χ2v) is 8.39. The van der Waals surface area contributed by atoms with Crippen molar-refractivity contribution in [2.45, 2.75) is 24.9 Å². The molecule has 1 unspecified atom stereocenters. The lowest BCUT2D eigenvalue weighted by molar-refractivity contribution is -0.133. The monoisotopic (exact) mass is 435 g/mol. The number of nitrogens with one attached hydrogen (secondary N) is 1. The van der Waals surface area contributed by atoms with Gasteiger partial charge in [0.05, 0.1) is 28.5 Å². The fourth-order valence-corrected chi connectivity index (χ4v) is 4.69. The van der Waals surface area contributed by atoms with E-state index in [1.807, 2.05) is 10.3 Å². The molecular weight excluding hydrogens is 412 g/mol. The fraction of sp³-hybridized carbons (Fsp3) is 0.400. The highest BCUT2D eigenvalue weighted by Gasteiger charge is 2.29. The van der Waals surface area contributed by atoms with Crippen LogP contribution in [0.25, 0.3) is 5.70 Å². The van der Waals surface area contributed by atoms with Crippen LogP contribution in [0.2, 0.25) is 0 Å². The molecule has 3 heterocycles. The molecule has 0 aliphatic carbocycles. The van der Waals surface area contributed by atoms with Crippen LogP contribution < -0.4 is 11.3 Å². The first-order valence-corrected chi connectivity index (χ1v) is 10.6. The Morgan fingerprint density at radius 2 is 2.07 bits per heavy atom. The maximum absolute atomic E-state index is 14.0. The zero-order valence-corrected chi connectivity index (χ0v) is 17.3. The molecule has 1 saturated heterocycles. The normalized spacial score (nSPS) is 19.8. The molecule has 1 aromatic heterocycles. The van der Waals surface area contributed by atoms with E-state index in [9.17, 15) is 13.6 Å². The molecule has 2 aromatic rings. The number of halogens is 2. The number of piperidine rings is 1. The van der Waals surface area contributed by atoms with E-state index in [0.29, 0.717) is 24.5 Å². The first-order chi connectivity index (χ1) is 14.4. The van der Waals surface area contributed by atoms with Crippen molar-refractivity contribution in [1.82, 2.24) is 20.4 Å². The predicted octanol–water partition coefficient (Wildman–Crippen LogP) is 2.55. The SMILES string of the molecule is CN(N)CC(=O)N1CCC(c2nc(C3=CC(c4c(F)cccc4F)ON3)cs2)CC1. The van der Waals surface area contributed by atoms with Gasteiger partial charge in [-0.2, -0.15) is 0 Å². The number of hydrogen-bond donors (Lipinski definition) is 2. The Labute approximate surface area is 177 Å². The molecule has 30 heavy (non-hydrogen) atoms. The van der Waals surface area contributed by atoms with Gasteiger partial charge < -0.3 is 4.90 Å². The summed E-state index contributed by atoms with van der Waals surface area (Å²) in [4.78, 5) is 24.0. The third-order valence-corrected chi connectivity index (χ3v) is 6.28. The van der Waals surface area contributed by atoms with E-state index in [2.05, 4.69) is 5.48 Å². The van der Waals surface area contributed by atoms with Crippen LogP contribution in [0, 0.1) is 11.6 Å². The molecule has 1 fully saturated rings. The molecule has 0 spiro atoms. The van der Waals surface area contributed by atoms with Crippen molar-refractivity contribution in [2.75, 3.05) is 26.7 Å². The number of carbonyl (C=O) groups is 1. The molecule has 0 bridgehead atoms. The Morgan fingerprint density at radius 1 is 1.37 bits per heavy atom. The zero-order chi connectivity index (χ0) is 21.3. The summed E-state index contributed by atoms with van der Waals surface area (Å²) in [5, 5.41) is 4.27. The smallest absolute Gasteiger partial charge is 0.238 e. The quantitative estimate of drug-likeness (QED) is 0.555. The van der Waals surface area contributed by atoms with Gasteiger partial charge in [0.2, 0.25) is 5.91 Å². The zero-order valence-electron chi connectivity index (χ0n) is 16.5. The van der Waals surface area contributed by atoms with Crippen LogP contribution in [0.1, 0.15) is 41.1 Å². The summed E-state index contributed by atoms with van der Waals surface area (Å²) in [5.41, 5.74) is 3.87. The van der Waals surface area contributed by atoms with Crippen molar-refractivity contribution < 1.29 is 18.4 Å². The van der Waals surface area contributed by atoms with Crippen molar-refractivity contribution in [1.29, 1.82) is 0 Å². The van der Waals surface area contributed by atoms with Crippen molar-refractivity contribution >= 4 is 22.9 Å². The van der Waals surface area contributed by atoms with Crippen LogP contribution in [-0.2, 0) is 9.63 Å². The number of thiazole rings is 1. The lowest BCUT2D eigenvalue weighted by Gasteiger charge is -2.31. The van der Waals surface area contributed by atoms with Crippen molar-refractivity contribution in [3.05, 3.63) is 57.6 Å². The van der Waals surface area contributed by atoms with Gasteiger partial charge >= 0.3 is 0 Å². The second kappa shape index (κ2) is 8.76. The van der Waals surface area contributed by atoms with Gasteiger partial charge in [0.25, 0.3) is 0 Å². The van der Waals surface area contributed by atoms with Gasteiger partial charge in [0.15, 0.2) is 0 Å². The molecule has 1 amide bonds. The minimum Gasteiger partial charge on any atom is -0.341 e. The summed E-state index contributed by atoms with van der Waals surface area (Å²) >= 11 is 1.54. The summed E-state index contributed by atoms with van der Waals surface area (Å²) in [5.74, 6) is 4.55. The van der Waals surface area contributed by atoms with Crippen LogP contribution in [0.4, 0.5) is 8.78 Å². The Balaban J connectivity index is 1.41. The van der Waals surface area contributed by atoms with Crippen LogP contribution in [0.5, 0.6) is 0 Å². The van der Waals surface area contributed by atoms with Gasteiger partial charge in [-0.05, 0) is 31.1 Å². The molecule has 4 rings (SSSR count). The Morgan fingerprint density at radius 3 is 2.73 bits per heavy atom. The van der Waals surface area contributed by atoms with Crippen LogP contribution >= 0.6 is 11.3 Å². The summed E-state index contributed by atoms with van der Waals surface area (Å²) in [7, 11) is 1.67. The highest BCUT2D eigenvalue weighted by molar-refractivity contribution is 7.09. The van der Waals surface area contributed by atoms with Gasteiger partial charge in [0, 0.05) is 31.4 Å². The van der Waals surface area contributed by atoms with E-state index in [1.54, 1.807) is 13.1 Å². The minimum absolute atomic E-state index is 0.0298. The van der Waals surface area contributed by atoms with Crippen molar-refractivity contribution in [3.8, 4) is 0 Å². The Hall–Kier alpha value is -2.40. The molecule has 7 nitrogen and oxygen atoms in total. The van der Waals surface area contributed by atoms with E-state index < -0.39 is 17.7 Å². The molecule has 1 atom stereocenters. The number of hydrogen-bond acceptors (Lipinski definition) is 7. The van der Waals surface area contributed by atoms with E-state index >= 15 is 0 Å². The molecule has 0 saturated carbocycles. The van der Waals surface area contributed by atoms with E-state index in [-0.39, 0.29) is 23.9 Å². The van der Waals surface area contributed by atoms with E-state index in [0.717, 1.165) is 17.8 Å². The average Bonchev–Trinajstić information content (AvgIpc) is 3.37. The van der Waals surface area contributed by atoms with Crippen LogP contribution in [0.3, 0.4) is 0 Å². The van der Waals surface area contributed by atoms with Gasteiger partial charge in [-0.25, -0.2) is 18.8 Å². The van der Waals surface area contributed by atoms with E-state index in [1.165, 1.54) is 34.5 Å². The molecular formula is C20H23F2N5O2S. The van der Waals surface area contributed by atoms with Crippen LogP contribution in [0.15, 0.2) is 29.7 Å². The lowest BCUT2D eigenvalue weighted by atomic mass is 9.97. The molecule has 1 aromatic carbocycles. The third kappa shape index (κ3) is 4.36. The lowest BCUT2D eigenvalue weighted by Crippen LogP contribution is -2.44. The third-order valence-electron chi connectivity index (χ3n) is 5.28. The number of benzene rings is 1. The van der Waals surface area contributed by atoms with Gasteiger partial charge in [-0.15, -0.1) is 11.3 Å². The standard InChI is InChI=1S/C20H23F2N5O2S/c1-26(23)10-18(28)27-7-5-12(6-8-27)20-24-16(11-30-20)15-9-17(29-25-15)19-13(21)3-2-4-14(19)22/h2-4,9,11-12,17,25H,5-8,10,23H2,1H3. The average molecular weight is 436 g/mol. The van der Waals surface area contributed by atoms with E-state index in [4.69, 9.17) is 15.7 Å². The highest BCUT2D eigenvalue weighted by Crippen LogP contribution is 2.35. The summed E-state index contributed by atoms with van der Waals surface area (Å²) in [6, 6.07) is 3.73. The number of hydroxylamine groups is 1. The number of likely N-dealkylation sites (tertiary alicyclic amines) is 1. The molecule has 10 heteroatoms. The predicted molar refractivity (Wildman–Crippen MR) is 109 cm³/mol. The van der Waals surface area contributed by atoms with Gasteiger partial charge in [0.1, 0.15) is 17.7 Å².